The van der Waals surface area contributed by atoms with Crippen LogP contribution in [0.4, 0.5) is 13.2 Å². The number of carbonyl (C=O) groups excluding carboxylic acids is 1. The van der Waals surface area contributed by atoms with Gasteiger partial charge in [-0.05, 0) is 23.8 Å². The average Bonchev–Trinajstić information content (AvgIpc) is 3.18. The Morgan fingerprint density at radius 2 is 1.79 bits per heavy atom. The molecule has 0 fully saturated rings. The zero-order valence-electron chi connectivity index (χ0n) is 15.4. The van der Waals surface area contributed by atoms with Crippen LogP contribution in [0.2, 0.25) is 0 Å². The predicted molar refractivity (Wildman–Crippen MR) is 94.9 cm³/mol. The summed E-state index contributed by atoms with van der Waals surface area (Å²) >= 11 is 0. The van der Waals surface area contributed by atoms with Gasteiger partial charge in [0.05, 0.1) is 26.0 Å². The minimum atomic E-state index is -4.84. The van der Waals surface area contributed by atoms with E-state index in [0.29, 0.717) is 16.0 Å². The van der Waals surface area contributed by atoms with E-state index in [9.17, 15) is 18.0 Å². The highest BCUT2D eigenvalue weighted by molar-refractivity contribution is 5.95. The van der Waals surface area contributed by atoms with Crippen LogP contribution in [0.15, 0.2) is 42.6 Å². The van der Waals surface area contributed by atoms with Crippen molar-refractivity contribution in [3.63, 3.8) is 0 Å². The summed E-state index contributed by atoms with van der Waals surface area (Å²) in [7, 11) is 2.87. The Hall–Kier alpha value is -3.63. The quantitative estimate of drug-likeness (QED) is 0.676. The summed E-state index contributed by atoms with van der Waals surface area (Å²) < 4.78 is 51.4. The number of amides is 1. The summed E-state index contributed by atoms with van der Waals surface area (Å²) in [5.74, 6) is -0.360. The van der Waals surface area contributed by atoms with E-state index in [4.69, 9.17) is 9.47 Å². The van der Waals surface area contributed by atoms with Crippen molar-refractivity contribution in [2.45, 2.75) is 12.7 Å². The first-order chi connectivity index (χ1) is 13.8. The number of hydrogen-bond acceptors (Lipinski definition) is 6. The Morgan fingerprint density at radius 3 is 2.34 bits per heavy atom. The van der Waals surface area contributed by atoms with Gasteiger partial charge in [-0.15, -0.1) is 10.2 Å². The molecule has 0 aliphatic carbocycles. The number of rotatable bonds is 6. The number of hydrogen-bond donors (Lipinski definition) is 1. The van der Waals surface area contributed by atoms with Crippen LogP contribution < -0.4 is 14.8 Å². The van der Waals surface area contributed by atoms with E-state index in [-0.39, 0.29) is 18.2 Å². The van der Waals surface area contributed by atoms with Gasteiger partial charge in [-0.2, -0.15) is 18.3 Å². The van der Waals surface area contributed by atoms with Gasteiger partial charge in [-0.3, -0.25) is 4.79 Å². The van der Waals surface area contributed by atoms with Crippen LogP contribution in [-0.2, 0) is 12.7 Å². The predicted octanol–water partition coefficient (Wildman–Crippen LogP) is 2.63. The molecular weight excluding hydrogens is 391 g/mol. The van der Waals surface area contributed by atoms with Crippen LogP contribution in [0.5, 0.6) is 11.6 Å². The molecule has 0 spiro atoms. The highest BCUT2D eigenvalue weighted by Gasteiger charge is 2.41. The van der Waals surface area contributed by atoms with Crippen LogP contribution in [-0.4, -0.2) is 40.1 Å². The molecular formula is C18H16F3N5O3. The average molecular weight is 407 g/mol. The Labute approximate surface area is 163 Å². The molecule has 1 aromatic carbocycles. The maximum atomic E-state index is 13.7. The largest absolute Gasteiger partial charge is 0.497 e. The molecule has 0 aliphatic heterocycles. The van der Waals surface area contributed by atoms with E-state index in [1.807, 2.05) is 0 Å². The van der Waals surface area contributed by atoms with E-state index in [1.54, 1.807) is 24.3 Å². The smallest absolute Gasteiger partial charge is 0.434 e. The molecule has 29 heavy (non-hydrogen) atoms. The van der Waals surface area contributed by atoms with E-state index in [1.165, 1.54) is 26.4 Å². The zero-order chi connectivity index (χ0) is 21.0. The number of methoxy groups -OCH3 is 2. The van der Waals surface area contributed by atoms with Crippen molar-refractivity contribution >= 4 is 5.91 Å². The monoisotopic (exact) mass is 407 g/mol. The summed E-state index contributed by atoms with van der Waals surface area (Å²) in [5, 5.41) is 13.4. The first-order valence-electron chi connectivity index (χ1n) is 8.28. The van der Waals surface area contributed by atoms with Gasteiger partial charge in [0.15, 0.2) is 11.5 Å². The molecule has 2 aromatic heterocycles. The van der Waals surface area contributed by atoms with Crippen molar-refractivity contribution in [1.82, 2.24) is 25.3 Å². The second-order valence-electron chi connectivity index (χ2n) is 5.78. The number of carbonyl (C=O) groups is 1. The summed E-state index contributed by atoms with van der Waals surface area (Å²) in [6.07, 6.45) is -4.00. The lowest BCUT2D eigenvalue weighted by molar-refractivity contribution is -0.143. The second kappa shape index (κ2) is 8.17. The lowest BCUT2D eigenvalue weighted by Crippen LogP contribution is -2.26. The van der Waals surface area contributed by atoms with Crippen molar-refractivity contribution in [3.05, 3.63) is 59.4 Å². The number of nitrogens with one attached hydrogen (secondary N) is 1. The highest BCUT2D eigenvalue weighted by Crippen LogP contribution is 2.33. The molecule has 0 aliphatic rings. The number of ether oxygens (including phenoxy) is 2. The summed E-state index contributed by atoms with van der Waals surface area (Å²) in [4.78, 5) is 12.4. The minimum absolute atomic E-state index is 0.0354. The molecule has 3 aromatic rings. The second-order valence-corrected chi connectivity index (χ2v) is 5.78. The summed E-state index contributed by atoms with van der Waals surface area (Å²) in [6.45, 7) is 0.0354. The third-order valence-corrected chi connectivity index (χ3v) is 3.95. The van der Waals surface area contributed by atoms with Crippen LogP contribution in [0.3, 0.4) is 0 Å². The first-order valence-corrected chi connectivity index (χ1v) is 8.28. The Morgan fingerprint density at radius 1 is 1.07 bits per heavy atom. The van der Waals surface area contributed by atoms with E-state index in [2.05, 4.69) is 20.6 Å². The Kier molecular flexibility index (Phi) is 5.66. The van der Waals surface area contributed by atoms with Crippen LogP contribution in [0, 0.1) is 0 Å². The topological polar surface area (TPSA) is 91.2 Å². The standard InChI is InChI=1S/C18H16F3N5O3/c1-28-12-5-3-11(4-6-12)9-22-17(27)13-10-23-26(16(13)18(19,20)21)14-7-8-15(29-2)25-24-14/h3-8,10H,9H2,1-2H3,(H,22,27). The van der Waals surface area contributed by atoms with Gasteiger partial charge in [0.25, 0.3) is 5.91 Å². The molecule has 1 N–H and O–H groups in total. The van der Waals surface area contributed by atoms with Crippen molar-refractivity contribution in [2.75, 3.05) is 14.2 Å². The summed E-state index contributed by atoms with van der Waals surface area (Å²) in [6, 6.07) is 9.35. The molecule has 0 saturated heterocycles. The van der Waals surface area contributed by atoms with Crippen molar-refractivity contribution in [2.24, 2.45) is 0 Å². The molecule has 11 heteroatoms. The fraction of sp³-hybridized carbons (Fsp3) is 0.222. The highest BCUT2D eigenvalue weighted by atomic mass is 19.4. The van der Waals surface area contributed by atoms with Gasteiger partial charge in [-0.1, -0.05) is 12.1 Å². The first kappa shape index (κ1) is 20.1. The van der Waals surface area contributed by atoms with E-state index < -0.39 is 23.3 Å². The van der Waals surface area contributed by atoms with Crippen LogP contribution in [0.25, 0.3) is 5.82 Å². The van der Waals surface area contributed by atoms with E-state index in [0.717, 1.165) is 6.20 Å². The van der Waals surface area contributed by atoms with Gasteiger partial charge < -0.3 is 14.8 Å². The molecule has 0 bridgehead atoms. The minimum Gasteiger partial charge on any atom is -0.497 e. The van der Waals surface area contributed by atoms with Crippen molar-refractivity contribution in [1.29, 1.82) is 0 Å². The normalized spacial score (nSPS) is 11.2. The maximum Gasteiger partial charge on any atom is 0.434 e. The van der Waals surface area contributed by atoms with Crippen molar-refractivity contribution < 1.29 is 27.4 Å². The molecule has 2 heterocycles. The fourth-order valence-corrected chi connectivity index (χ4v) is 2.52. The number of nitrogens with zero attached hydrogens (tertiary/aromatic N) is 4. The van der Waals surface area contributed by atoms with Gasteiger partial charge in [0, 0.05) is 12.6 Å². The van der Waals surface area contributed by atoms with Gasteiger partial charge in [-0.25, -0.2) is 4.68 Å². The molecule has 0 saturated carbocycles. The lowest BCUT2D eigenvalue weighted by atomic mass is 10.2. The van der Waals surface area contributed by atoms with Crippen molar-refractivity contribution in [3.8, 4) is 17.4 Å². The van der Waals surface area contributed by atoms with E-state index >= 15 is 0 Å². The van der Waals surface area contributed by atoms with Gasteiger partial charge >= 0.3 is 6.18 Å². The summed E-state index contributed by atoms with van der Waals surface area (Å²) in [5.41, 5.74) is -1.17. The lowest BCUT2D eigenvalue weighted by Gasteiger charge is -2.12. The Bertz CT molecular complexity index is 985. The SMILES string of the molecule is COc1ccc(CNC(=O)c2cnn(-c3ccc(OC)nn3)c2C(F)(F)F)cc1. The third kappa shape index (κ3) is 4.45. The maximum absolute atomic E-state index is 13.7. The number of aromatic nitrogens is 4. The van der Waals surface area contributed by atoms with Crippen LogP contribution in [0.1, 0.15) is 21.6 Å². The molecule has 8 nitrogen and oxygen atoms in total. The van der Waals surface area contributed by atoms with Gasteiger partial charge in [0.2, 0.25) is 5.88 Å². The third-order valence-electron chi connectivity index (χ3n) is 3.95. The molecule has 3 rings (SSSR count). The molecule has 152 valence electrons. The molecule has 0 unspecified atom stereocenters. The number of alkyl halides is 3. The molecule has 0 atom stereocenters. The molecule has 0 radical (unpaired) electrons. The zero-order valence-corrected chi connectivity index (χ0v) is 15.4. The Balaban J connectivity index is 1.85. The number of benzene rings is 1. The fourth-order valence-electron chi connectivity index (χ4n) is 2.52. The van der Waals surface area contributed by atoms with Crippen LogP contribution >= 0.6 is 0 Å². The molecule has 1 amide bonds. The van der Waals surface area contributed by atoms with Gasteiger partial charge in [0.1, 0.15) is 5.75 Å². The number of halogens is 3.